The van der Waals surface area contributed by atoms with Crippen molar-refractivity contribution in [3.05, 3.63) is 12.2 Å². The molecule has 4 heteroatoms. The molecule has 0 amide bonds. The van der Waals surface area contributed by atoms with Crippen LogP contribution in [0.1, 0.15) is 71.1 Å². The zero-order chi connectivity index (χ0) is 16.4. The Kier molecular flexibility index (Phi) is 9.41. The van der Waals surface area contributed by atoms with E-state index < -0.39 is 18.2 Å². The quantitative estimate of drug-likeness (QED) is 0.403. The lowest BCUT2D eigenvalue weighted by Gasteiger charge is -2.22. The van der Waals surface area contributed by atoms with E-state index in [2.05, 4.69) is 19.1 Å². The number of rotatable bonds is 11. The molecule has 22 heavy (non-hydrogen) atoms. The van der Waals surface area contributed by atoms with Crippen molar-refractivity contribution in [2.24, 2.45) is 11.8 Å². The number of hydrogen-bond acceptors (Lipinski definition) is 3. The maximum absolute atomic E-state index is 10.5. The summed E-state index contributed by atoms with van der Waals surface area (Å²) >= 11 is 0. The molecule has 1 saturated carbocycles. The van der Waals surface area contributed by atoms with E-state index in [0.717, 1.165) is 25.7 Å². The molecule has 1 rings (SSSR count). The SMILES string of the molecule is CCCCCC=CC[C@@H]1[C@@H](CCCCC(=O)O)[C@@H](O)C[C@H]1O. The summed E-state index contributed by atoms with van der Waals surface area (Å²) in [4.78, 5) is 10.5. The normalized spacial score (nSPS) is 28.5. The topological polar surface area (TPSA) is 77.8 Å². The van der Waals surface area contributed by atoms with Gasteiger partial charge in [-0.05, 0) is 50.4 Å². The van der Waals surface area contributed by atoms with Gasteiger partial charge in [-0.2, -0.15) is 0 Å². The predicted octanol–water partition coefficient (Wildman–Crippen LogP) is 3.52. The number of carboxylic acids is 1. The first-order valence-electron chi connectivity index (χ1n) is 8.79. The Morgan fingerprint density at radius 1 is 1.05 bits per heavy atom. The second kappa shape index (κ2) is 10.8. The average Bonchev–Trinajstić information content (AvgIpc) is 2.73. The van der Waals surface area contributed by atoms with E-state index >= 15 is 0 Å². The first kappa shape index (κ1) is 19.2. The Hall–Kier alpha value is -0.870. The lowest BCUT2D eigenvalue weighted by atomic mass is 9.86. The first-order valence-corrected chi connectivity index (χ1v) is 8.79. The van der Waals surface area contributed by atoms with Crippen molar-refractivity contribution in [2.75, 3.05) is 0 Å². The molecule has 128 valence electrons. The summed E-state index contributed by atoms with van der Waals surface area (Å²) in [5.41, 5.74) is 0. The second-order valence-electron chi connectivity index (χ2n) is 6.54. The largest absolute Gasteiger partial charge is 0.481 e. The lowest BCUT2D eigenvalue weighted by molar-refractivity contribution is -0.137. The summed E-state index contributed by atoms with van der Waals surface area (Å²) in [7, 11) is 0. The molecule has 0 aromatic heterocycles. The summed E-state index contributed by atoms with van der Waals surface area (Å²) in [5, 5.41) is 28.9. The summed E-state index contributed by atoms with van der Waals surface area (Å²) in [6, 6.07) is 0. The Bertz CT molecular complexity index is 340. The molecule has 3 N–H and O–H groups in total. The van der Waals surface area contributed by atoms with Crippen LogP contribution in [0.25, 0.3) is 0 Å². The summed E-state index contributed by atoms with van der Waals surface area (Å²) in [6.07, 6.45) is 11.9. The fourth-order valence-electron chi connectivity index (χ4n) is 3.45. The highest BCUT2D eigenvalue weighted by atomic mass is 16.4. The smallest absolute Gasteiger partial charge is 0.303 e. The van der Waals surface area contributed by atoms with Crippen LogP contribution in [0.5, 0.6) is 0 Å². The molecular formula is C18H32O4. The van der Waals surface area contributed by atoms with Crippen molar-refractivity contribution in [1.82, 2.24) is 0 Å². The Labute approximate surface area is 134 Å². The van der Waals surface area contributed by atoms with Crippen LogP contribution in [0.3, 0.4) is 0 Å². The number of carboxylic acid groups (broad SMARTS) is 1. The Morgan fingerprint density at radius 3 is 2.45 bits per heavy atom. The molecule has 4 nitrogen and oxygen atoms in total. The Balaban J connectivity index is 2.35. The number of unbranched alkanes of at least 4 members (excludes halogenated alkanes) is 4. The molecule has 1 aliphatic carbocycles. The summed E-state index contributed by atoms with van der Waals surface area (Å²) < 4.78 is 0. The fourth-order valence-corrected chi connectivity index (χ4v) is 3.45. The third-order valence-corrected chi connectivity index (χ3v) is 4.75. The van der Waals surface area contributed by atoms with Gasteiger partial charge in [0.2, 0.25) is 0 Å². The molecule has 4 atom stereocenters. The number of allylic oxidation sites excluding steroid dienone is 2. The number of carbonyl (C=O) groups is 1. The van der Waals surface area contributed by atoms with E-state index in [4.69, 9.17) is 5.11 Å². The number of aliphatic carboxylic acids is 1. The molecule has 0 radical (unpaired) electrons. The van der Waals surface area contributed by atoms with Crippen LogP contribution < -0.4 is 0 Å². The van der Waals surface area contributed by atoms with Gasteiger partial charge in [-0.25, -0.2) is 0 Å². The maximum Gasteiger partial charge on any atom is 0.303 e. The molecule has 0 bridgehead atoms. The van der Waals surface area contributed by atoms with Gasteiger partial charge >= 0.3 is 5.97 Å². The van der Waals surface area contributed by atoms with Crippen molar-refractivity contribution in [3.63, 3.8) is 0 Å². The van der Waals surface area contributed by atoms with Crippen molar-refractivity contribution < 1.29 is 20.1 Å². The maximum atomic E-state index is 10.5. The number of hydrogen-bond donors (Lipinski definition) is 3. The predicted molar refractivity (Wildman–Crippen MR) is 87.6 cm³/mol. The van der Waals surface area contributed by atoms with E-state index in [1.54, 1.807) is 0 Å². The van der Waals surface area contributed by atoms with Gasteiger partial charge in [0.15, 0.2) is 0 Å². The van der Waals surface area contributed by atoms with Gasteiger partial charge in [-0.15, -0.1) is 0 Å². The first-order chi connectivity index (χ1) is 10.6. The van der Waals surface area contributed by atoms with Crippen molar-refractivity contribution >= 4 is 5.97 Å². The van der Waals surface area contributed by atoms with E-state index in [0.29, 0.717) is 12.8 Å². The minimum Gasteiger partial charge on any atom is -0.481 e. The van der Waals surface area contributed by atoms with Gasteiger partial charge in [0.25, 0.3) is 0 Å². The molecule has 0 unspecified atom stereocenters. The molecule has 0 spiro atoms. The van der Waals surface area contributed by atoms with Gasteiger partial charge in [-0.1, -0.05) is 38.3 Å². The van der Waals surface area contributed by atoms with Gasteiger partial charge in [0, 0.05) is 6.42 Å². The molecule has 0 aromatic rings. The molecule has 0 heterocycles. The average molecular weight is 312 g/mol. The fraction of sp³-hybridized carbons (Fsp3) is 0.833. The van der Waals surface area contributed by atoms with E-state index in [9.17, 15) is 15.0 Å². The van der Waals surface area contributed by atoms with Crippen molar-refractivity contribution in [1.29, 1.82) is 0 Å². The monoisotopic (exact) mass is 312 g/mol. The zero-order valence-electron chi connectivity index (χ0n) is 13.8. The minimum absolute atomic E-state index is 0.101. The van der Waals surface area contributed by atoms with Gasteiger partial charge < -0.3 is 15.3 Å². The molecular weight excluding hydrogens is 280 g/mol. The van der Waals surface area contributed by atoms with Crippen LogP contribution in [0, 0.1) is 11.8 Å². The van der Waals surface area contributed by atoms with E-state index in [-0.39, 0.29) is 18.3 Å². The zero-order valence-corrected chi connectivity index (χ0v) is 13.8. The van der Waals surface area contributed by atoms with Crippen LogP contribution in [-0.4, -0.2) is 33.5 Å². The van der Waals surface area contributed by atoms with Crippen LogP contribution in [-0.2, 0) is 4.79 Å². The number of aliphatic hydroxyl groups is 2. The van der Waals surface area contributed by atoms with Crippen molar-refractivity contribution in [2.45, 2.75) is 83.3 Å². The highest BCUT2D eigenvalue weighted by Gasteiger charge is 2.40. The summed E-state index contributed by atoms with van der Waals surface area (Å²) in [6.45, 7) is 2.19. The highest BCUT2D eigenvalue weighted by Crippen LogP contribution is 2.38. The second-order valence-corrected chi connectivity index (χ2v) is 6.54. The van der Waals surface area contributed by atoms with Gasteiger partial charge in [0.1, 0.15) is 0 Å². The minimum atomic E-state index is -0.765. The molecule has 0 saturated heterocycles. The third kappa shape index (κ3) is 6.93. The molecule has 1 aliphatic rings. The number of aliphatic hydroxyl groups excluding tert-OH is 2. The standard InChI is InChI=1S/C18H32O4/c1-2-3-4-5-6-7-10-14-15(17(20)13-16(14)19)11-8-9-12-18(21)22/h6-7,14-17,19-20H,2-5,8-13H2,1H3,(H,21,22)/t14-,15-,16-,17+/m1/s1. The van der Waals surface area contributed by atoms with E-state index in [1.807, 2.05) is 0 Å². The summed E-state index contributed by atoms with van der Waals surface area (Å²) in [5.74, 6) is -0.551. The molecule has 0 aliphatic heterocycles. The van der Waals surface area contributed by atoms with E-state index in [1.165, 1.54) is 19.3 Å². The van der Waals surface area contributed by atoms with Gasteiger partial charge in [-0.3, -0.25) is 4.79 Å². The third-order valence-electron chi connectivity index (χ3n) is 4.75. The Morgan fingerprint density at radius 2 is 1.77 bits per heavy atom. The highest BCUT2D eigenvalue weighted by molar-refractivity contribution is 5.66. The lowest BCUT2D eigenvalue weighted by Crippen LogP contribution is -2.21. The van der Waals surface area contributed by atoms with Crippen LogP contribution in [0.2, 0.25) is 0 Å². The molecule has 0 aromatic carbocycles. The van der Waals surface area contributed by atoms with Crippen LogP contribution in [0.4, 0.5) is 0 Å². The van der Waals surface area contributed by atoms with Crippen LogP contribution >= 0.6 is 0 Å². The van der Waals surface area contributed by atoms with Gasteiger partial charge in [0.05, 0.1) is 12.2 Å². The van der Waals surface area contributed by atoms with Crippen molar-refractivity contribution in [3.8, 4) is 0 Å². The van der Waals surface area contributed by atoms with Crippen LogP contribution in [0.15, 0.2) is 12.2 Å². The molecule has 1 fully saturated rings.